The molecule has 0 bridgehead atoms. The maximum absolute atomic E-state index is 13.0. The minimum Gasteiger partial charge on any atom is -0.477 e. The smallest absolute Gasteiger partial charge is 0.408 e. The Morgan fingerprint density at radius 1 is 1.30 bits per heavy atom. The van der Waals surface area contributed by atoms with E-state index in [4.69, 9.17) is 4.74 Å². The second-order valence-electron chi connectivity index (χ2n) is 5.60. The molecule has 1 aromatic rings. The van der Waals surface area contributed by atoms with Gasteiger partial charge in [-0.2, -0.15) is 13.2 Å². The molecule has 0 radical (unpaired) electrons. The molecule has 0 spiro atoms. The average molecular weight is 332 g/mol. The summed E-state index contributed by atoms with van der Waals surface area (Å²) < 4.78 is 45.8. The van der Waals surface area contributed by atoms with Crippen LogP contribution in [-0.4, -0.2) is 51.8 Å². The molecule has 1 fully saturated rings. The first-order valence-electron chi connectivity index (χ1n) is 7.22. The number of likely N-dealkylation sites (tertiary alicyclic amines) is 1. The van der Waals surface area contributed by atoms with E-state index in [1.807, 2.05) is 0 Å². The van der Waals surface area contributed by atoms with Crippen LogP contribution in [-0.2, 0) is 17.9 Å². The zero-order valence-corrected chi connectivity index (χ0v) is 12.1. The van der Waals surface area contributed by atoms with Gasteiger partial charge in [0.1, 0.15) is 11.7 Å². The molecule has 9 heteroatoms. The van der Waals surface area contributed by atoms with Gasteiger partial charge in [0.2, 0.25) is 0 Å². The van der Waals surface area contributed by atoms with Crippen molar-refractivity contribution in [1.82, 2.24) is 9.47 Å². The fourth-order valence-electron chi connectivity index (χ4n) is 3.19. The monoisotopic (exact) mass is 332 g/mol. The highest BCUT2D eigenvalue weighted by Crippen LogP contribution is 2.34. The number of carboxylic acids is 1. The number of aromatic carboxylic acids is 1. The molecule has 1 atom stereocenters. The van der Waals surface area contributed by atoms with Crippen LogP contribution in [0, 0.1) is 0 Å². The van der Waals surface area contributed by atoms with Crippen molar-refractivity contribution in [2.45, 2.75) is 38.2 Å². The first-order chi connectivity index (χ1) is 10.8. The third kappa shape index (κ3) is 2.69. The van der Waals surface area contributed by atoms with Crippen molar-refractivity contribution in [3.63, 3.8) is 0 Å². The number of ether oxygens (including phenoxy) is 1. The zero-order chi connectivity index (χ0) is 16.8. The number of hydrogen-bond donors (Lipinski definition) is 1. The van der Waals surface area contributed by atoms with E-state index in [0.717, 1.165) is 11.0 Å². The molecule has 2 aliphatic heterocycles. The van der Waals surface area contributed by atoms with Crippen molar-refractivity contribution < 1.29 is 32.6 Å². The van der Waals surface area contributed by atoms with Crippen LogP contribution in [0.4, 0.5) is 13.2 Å². The van der Waals surface area contributed by atoms with Crippen molar-refractivity contribution in [1.29, 1.82) is 0 Å². The van der Waals surface area contributed by atoms with Gasteiger partial charge in [0.15, 0.2) is 0 Å². The van der Waals surface area contributed by atoms with E-state index in [0.29, 0.717) is 12.3 Å². The Kier molecular flexibility index (Phi) is 3.83. The van der Waals surface area contributed by atoms with Crippen LogP contribution in [0.2, 0.25) is 0 Å². The first-order valence-corrected chi connectivity index (χ1v) is 7.22. The number of hydrogen-bond acceptors (Lipinski definition) is 3. The Hall–Kier alpha value is -2.03. The third-order valence-electron chi connectivity index (χ3n) is 4.25. The molecule has 1 saturated heterocycles. The quantitative estimate of drug-likeness (QED) is 0.898. The van der Waals surface area contributed by atoms with Crippen LogP contribution in [0.15, 0.2) is 6.07 Å². The largest absolute Gasteiger partial charge is 0.477 e. The Labute approximate surface area is 129 Å². The van der Waals surface area contributed by atoms with Crippen molar-refractivity contribution in [2.24, 2.45) is 0 Å². The van der Waals surface area contributed by atoms with E-state index in [2.05, 4.69) is 0 Å². The van der Waals surface area contributed by atoms with Gasteiger partial charge >= 0.3 is 12.1 Å². The van der Waals surface area contributed by atoms with Crippen LogP contribution in [0.5, 0.6) is 0 Å². The summed E-state index contributed by atoms with van der Waals surface area (Å²) in [6.45, 7) is 0.577. The highest BCUT2D eigenvalue weighted by molar-refractivity contribution is 5.99. The SMILES string of the molecule is O=C(O)c1cc(C(=O)N2CCC[C@@H]2C(F)(F)F)c2n1CCOC2. The number of halogens is 3. The first kappa shape index (κ1) is 15.9. The van der Waals surface area contributed by atoms with E-state index in [-0.39, 0.29) is 43.8 Å². The van der Waals surface area contributed by atoms with Crippen LogP contribution >= 0.6 is 0 Å². The van der Waals surface area contributed by atoms with Crippen molar-refractivity contribution in [3.05, 3.63) is 23.0 Å². The van der Waals surface area contributed by atoms with Gasteiger partial charge in [0, 0.05) is 13.1 Å². The predicted molar refractivity (Wildman–Crippen MR) is 71.2 cm³/mol. The molecule has 2 aliphatic rings. The van der Waals surface area contributed by atoms with Gasteiger partial charge in [-0.05, 0) is 18.9 Å². The molecule has 3 heterocycles. The second-order valence-corrected chi connectivity index (χ2v) is 5.60. The molecule has 6 nitrogen and oxygen atoms in total. The summed E-state index contributed by atoms with van der Waals surface area (Å²) in [5, 5.41) is 9.22. The lowest BCUT2D eigenvalue weighted by molar-refractivity contribution is -0.169. The van der Waals surface area contributed by atoms with Gasteiger partial charge in [0.05, 0.1) is 24.5 Å². The van der Waals surface area contributed by atoms with Crippen molar-refractivity contribution in [2.75, 3.05) is 13.2 Å². The molecule has 3 rings (SSSR count). The molecule has 0 saturated carbocycles. The number of carboxylic acid groups (broad SMARTS) is 1. The minimum atomic E-state index is -4.49. The van der Waals surface area contributed by atoms with Crippen molar-refractivity contribution >= 4 is 11.9 Å². The fraction of sp³-hybridized carbons (Fsp3) is 0.571. The Balaban J connectivity index is 1.98. The number of amides is 1. The number of fused-ring (bicyclic) bond motifs is 1. The second kappa shape index (κ2) is 5.55. The molecule has 1 aromatic heterocycles. The third-order valence-corrected chi connectivity index (χ3v) is 4.25. The van der Waals surface area contributed by atoms with Gasteiger partial charge in [-0.25, -0.2) is 4.79 Å². The van der Waals surface area contributed by atoms with E-state index >= 15 is 0 Å². The van der Waals surface area contributed by atoms with Gasteiger partial charge in [-0.15, -0.1) is 0 Å². The lowest BCUT2D eigenvalue weighted by Crippen LogP contribution is -2.44. The summed E-state index contributed by atoms with van der Waals surface area (Å²) in [6.07, 6.45) is -4.35. The summed E-state index contributed by atoms with van der Waals surface area (Å²) in [7, 11) is 0. The summed E-state index contributed by atoms with van der Waals surface area (Å²) in [5.74, 6) is -2.01. The summed E-state index contributed by atoms with van der Waals surface area (Å²) in [4.78, 5) is 24.7. The highest BCUT2D eigenvalue weighted by Gasteiger charge is 2.48. The fourth-order valence-corrected chi connectivity index (χ4v) is 3.19. The molecular weight excluding hydrogens is 317 g/mol. The number of aromatic nitrogens is 1. The molecule has 1 N–H and O–H groups in total. The number of rotatable bonds is 2. The molecular formula is C14H15F3N2O4. The van der Waals surface area contributed by atoms with E-state index < -0.39 is 24.1 Å². The van der Waals surface area contributed by atoms with Crippen LogP contribution in [0.25, 0.3) is 0 Å². The topological polar surface area (TPSA) is 71.8 Å². The van der Waals surface area contributed by atoms with Crippen LogP contribution < -0.4 is 0 Å². The summed E-state index contributed by atoms with van der Waals surface area (Å²) in [5.41, 5.74) is 0.208. The summed E-state index contributed by atoms with van der Waals surface area (Å²) in [6, 6.07) is -0.663. The van der Waals surface area contributed by atoms with Gasteiger partial charge in [-0.3, -0.25) is 4.79 Å². The lowest BCUT2D eigenvalue weighted by atomic mass is 10.1. The van der Waals surface area contributed by atoms with E-state index in [1.165, 1.54) is 4.57 Å². The van der Waals surface area contributed by atoms with Crippen molar-refractivity contribution in [3.8, 4) is 0 Å². The lowest BCUT2D eigenvalue weighted by Gasteiger charge is -2.27. The van der Waals surface area contributed by atoms with Gasteiger partial charge in [0.25, 0.3) is 5.91 Å². The Bertz CT molecular complexity index is 653. The molecule has 0 unspecified atom stereocenters. The van der Waals surface area contributed by atoms with E-state index in [1.54, 1.807) is 0 Å². The van der Waals surface area contributed by atoms with Gasteiger partial charge in [-0.1, -0.05) is 0 Å². The molecule has 1 amide bonds. The maximum Gasteiger partial charge on any atom is 0.408 e. The van der Waals surface area contributed by atoms with E-state index in [9.17, 15) is 27.9 Å². The normalized spacial score (nSPS) is 21.3. The average Bonchev–Trinajstić information content (AvgIpc) is 3.11. The number of carbonyl (C=O) groups excluding carboxylic acids is 1. The van der Waals surface area contributed by atoms with Crippen LogP contribution in [0.3, 0.4) is 0 Å². The Morgan fingerprint density at radius 2 is 2.04 bits per heavy atom. The molecule has 0 aromatic carbocycles. The molecule has 126 valence electrons. The maximum atomic E-state index is 13.0. The number of nitrogens with zero attached hydrogens (tertiary/aromatic N) is 2. The minimum absolute atomic E-state index is 0.0108. The molecule has 0 aliphatic carbocycles. The predicted octanol–water partition coefficient (Wildman–Crippen LogP) is 1.88. The Morgan fingerprint density at radius 3 is 2.70 bits per heavy atom. The standard InChI is InChI=1S/C14H15F3N2O4/c15-14(16,17)11-2-1-3-19(11)12(20)8-6-9(13(21)22)18-4-5-23-7-10(8)18/h6,11H,1-5,7H2,(H,21,22)/t11-/m1/s1. The number of carbonyl (C=O) groups is 2. The zero-order valence-electron chi connectivity index (χ0n) is 12.1. The molecule has 23 heavy (non-hydrogen) atoms. The number of alkyl halides is 3. The van der Waals surface area contributed by atoms with Gasteiger partial charge < -0.3 is 19.3 Å². The van der Waals surface area contributed by atoms with Crippen LogP contribution in [0.1, 0.15) is 39.4 Å². The highest BCUT2D eigenvalue weighted by atomic mass is 19.4. The summed E-state index contributed by atoms with van der Waals surface area (Å²) >= 11 is 0.